The van der Waals surface area contributed by atoms with E-state index in [2.05, 4.69) is 16.9 Å². The Morgan fingerprint density at radius 3 is 2.49 bits per heavy atom. The Bertz CT molecular complexity index is 1600. The molecule has 3 aromatic heterocycles. The van der Waals surface area contributed by atoms with Gasteiger partial charge in [-0.25, -0.2) is 4.52 Å². The molecule has 2 fully saturated rings. The third kappa shape index (κ3) is 5.79. The van der Waals surface area contributed by atoms with E-state index in [0.29, 0.717) is 44.9 Å². The maximum Gasteiger partial charge on any atom is 0.223 e. The van der Waals surface area contributed by atoms with Gasteiger partial charge in [0.2, 0.25) is 5.91 Å². The summed E-state index contributed by atoms with van der Waals surface area (Å²) >= 11 is 0. The molecule has 2 amide bonds. The number of ether oxygens (including phenoxy) is 2. The van der Waals surface area contributed by atoms with Crippen molar-refractivity contribution in [2.75, 3.05) is 44.7 Å². The Labute approximate surface area is 250 Å². The van der Waals surface area contributed by atoms with Crippen LogP contribution in [0.3, 0.4) is 0 Å². The largest absolute Gasteiger partial charge is 0.530 e. The van der Waals surface area contributed by atoms with Crippen LogP contribution in [0.1, 0.15) is 31.9 Å². The Morgan fingerprint density at radius 2 is 1.81 bits per heavy atom. The van der Waals surface area contributed by atoms with E-state index in [4.69, 9.17) is 14.5 Å². The molecule has 0 unspecified atom stereocenters. The first kappa shape index (κ1) is 28.3. The van der Waals surface area contributed by atoms with E-state index in [1.54, 1.807) is 17.8 Å². The van der Waals surface area contributed by atoms with Gasteiger partial charge in [0, 0.05) is 56.8 Å². The van der Waals surface area contributed by atoms with Crippen LogP contribution < -0.4 is 19.5 Å². The molecule has 0 saturated carbocycles. The smallest absolute Gasteiger partial charge is 0.223 e. The number of carbonyl (C=O) groups excluding carboxylic acids is 2. The van der Waals surface area contributed by atoms with Gasteiger partial charge in [-0.2, -0.15) is 5.10 Å². The van der Waals surface area contributed by atoms with Crippen molar-refractivity contribution in [3.63, 3.8) is 0 Å². The molecule has 4 aromatic rings. The number of aromatic nitrogens is 3. The van der Waals surface area contributed by atoms with Crippen LogP contribution in [0.4, 0.5) is 10.5 Å². The summed E-state index contributed by atoms with van der Waals surface area (Å²) in [6, 6.07) is 15.6. The van der Waals surface area contributed by atoms with Crippen LogP contribution >= 0.6 is 0 Å². The van der Waals surface area contributed by atoms with Crippen LogP contribution in [0.2, 0.25) is 0 Å². The molecule has 2 aliphatic rings. The van der Waals surface area contributed by atoms with Crippen molar-refractivity contribution < 1.29 is 24.2 Å². The first-order chi connectivity index (χ1) is 20.8. The van der Waals surface area contributed by atoms with Crippen LogP contribution in [-0.2, 0) is 4.79 Å². The summed E-state index contributed by atoms with van der Waals surface area (Å²) in [5, 5.41) is 15.6. The number of fused-ring (bicyclic) bond motifs is 1. The summed E-state index contributed by atoms with van der Waals surface area (Å²) in [5.41, 5.74) is 4.46. The average Bonchev–Trinajstić information content (AvgIpc) is 3.68. The van der Waals surface area contributed by atoms with E-state index in [-0.39, 0.29) is 24.0 Å². The SMILES string of the molecule is COc1ccc([C@@H](C)N2C[C@H]([C@@H](C)Oc3cc(-c4ccc(N5CCN(C(=O)[O-])CC5)cn4)cn4nccc34)CC2=O)cc1. The van der Waals surface area contributed by atoms with Crippen molar-refractivity contribution >= 4 is 23.2 Å². The highest BCUT2D eigenvalue weighted by atomic mass is 16.5. The molecule has 224 valence electrons. The van der Waals surface area contributed by atoms with Crippen LogP contribution in [0.25, 0.3) is 16.8 Å². The molecule has 0 spiro atoms. The third-order valence-electron chi connectivity index (χ3n) is 8.65. The number of carbonyl (C=O) groups is 2. The van der Waals surface area contributed by atoms with E-state index in [9.17, 15) is 14.7 Å². The number of nitrogens with zero attached hydrogens (tertiary/aromatic N) is 6. The highest BCUT2D eigenvalue weighted by Crippen LogP contribution is 2.34. The van der Waals surface area contributed by atoms with Crippen LogP contribution in [0.5, 0.6) is 11.5 Å². The number of hydrogen-bond donors (Lipinski definition) is 0. The van der Waals surface area contributed by atoms with Crippen LogP contribution in [0.15, 0.2) is 67.1 Å². The van der Waals surface area contributed by atoms with Crippen molar-refractivity contribution in [2.24, 2.45) is 5.92 Å². The van der Waals surface area contributed by atoms with Crippen molar-refractivity contribution in [1.29, 1.82) is 0 Å². The first-order valence-corrected chi connectivity index (χ1v) is 14.6. The van der Waals surface area contributed by atoms with Gasteiger partial charge in [-0.1, -0.05) is 12.1 Å². The fourth-order valence-electron chi connectivity index (χ4n) is 5.93. The number of amides is 2. The molecular weight excluding hydrogens is 548 g/mol. The number of hydrogen-bond acceptors (Lipinski definition) is 8. The highest BCUT2D eigenvalue weighted by Gasteiger charge is 2.37. The summed E-state index contributed by atoms with van der Waals surface area (Å²) in [5.74, 6) is 1.63. The molecule has 1 aromatic carbocycles. The zero-order chi connectivity index (χ0) is 30.1. The second kappa shape index (κ2) is 11.8. The molecule has 0 aliphatic carbocycles. The van der Waals surface area contributed by atoms with E-state index in [1.165, 1.54) is 4.90 Å². The van der Waals surface area contributed by atoms with E-state index in [0.717, 1.165) is 33.8 Å². The number of anilines is 1. The lowest BCUT2D eigenvalue weighted by Crippen LogP contribution is -2.52. The van der Waals surface area contributed by atoms with Crippen molar-refractivity contribution in [3.8, 4) is 22.8 Å². The van der Waals surface area contributed by atoms with Gasteiger partial charge in [-0.05, 0) is 55.8 Å². The minimum absolute atomic E-state index is 0.0367. The number of methoxy groups -OCH3 is 1. The first-order valence-electron chi connectivity index (χ1n) is 14.6. The van der Waals surface area contributed by atoms with Crippen molar-refractivity contribution in [1.82, 2.24) is 24.4 Å². The zero-order valence-electron chi connectivity index (χ0n) is 24.6. The van der Waals surface area contributed by atoms with Gasteiger partial charge in [0.15, 0.2) is 0 Å². The summed E-state index contributed by atoms with van der Waals surface area (Å²) in [4.78, 5) is 34.3. The molecule has 2 saturated heterocycles. The average molecular weight is 584 g/mol. The second-order valence-electron chi connectivity index (χ2n) is 11.2. The minimum atomic E-state index is -1.13. The Kier molecular flexibility index (Phi) is 7.79. The van der Waals surface area contributed by atoms with Gasteiger partial charge in [0.1, 0.15) is 29.2 Å². The standard InChI is InChI=1S/C32H36N6O5/c1-21(23-4-7-27(42-3)8-5-23)37-19-24(17-31(37)39)22(2)43-30-16-25(20-38-29(30)10-11-34-38)28-9-6-26(18-33-28)35-12-14-36(15-13-35)32(40)41/h4-11,16,18,20-22,24H,12-15,17,19H2,1-3H3,(H,40,41)/p-1/t21-,22-,24-/m1/s1. The molecule has 43 heavy (non-hydrogen) atoms. The molecule has 2 aliphatic heterocycles. The zero-order valence-corrected chi connectivity index (χ0v) is 24.6. The maximum absolute atomic E-state index is 13.1. The van der Waals surface area contributed by atoms with Gasteiger partial charge in [-0.15, -0.1) is 0 Å². The molecule has 6 rings (SSSR count). The molecule has 0 radical (unpaired) electrons. The van der Waals surface area contributed by atoms with Crippen LogP contribution in [-0.4, -0.2) is 82.3 Å². The topological polar surface area (TPSA) is 116 Å². The van der Waals surface area contributed by atoms with E-state index < -0.39 is 6.09 Å². The van der Waals surface area contributed by atoms with Gasteiger partial charge >= 0.3 is 0 Å². The lowest BCUT2D eigenvalue weighted by atomic mass is 10.0. The second-order valence-corrected chi connectivity index (χ2v) is 11.2. The molecule has 0 N–H and O–H groups in total. The van der Waals surface area contributed by atoms with Gasteiger partial charge < -0.3 is 34.1 Å². The number of carboxylic acid groups (broad SMARTS) is 1. The predicted octanol–water partition coefficient (Wildman–Crippen LogP) is 3.25. The quantitative estimate of drug-likeness (QED) is 0.311. The molecule has 11 heteroatoms. The number of piperazine rings is 1. The summed E-state index contributed by atoms with van der Waals surface area (Å²) < 4.78 is 13.6. The highest BCUT2D eigenvalue weighted by molar-refractivity contribution is 5.79. The minimum Gasteiger partial charge on any atom is -0.530 e. The molecule has 3 atom stereocenters. The van der Waals surface area contributed by atoms with Gasteiger partial charge in [0.25, 0.3) is 0 Å². The van der Waals surface area contributed by atoms with Crippen molar-refractivity contribution in [3.05, 3.63) is 72.7 Å². The van der Waals surface area contributed by atoms with E-state index in [1.807, 2.05) is 72.7 Å². The Hall–Kier alpha value is -4.80. The molecule has 0 bridgehead atoms. The van der Waals surface area contributed by atoms with Gasteiger partial charge in [0.05, 0.1) is 36.9 Å². The Morgan fingerprint density at radius 1 is 1.05 bits per heavy atom. The third-order valence-corrected chi connectivity index (χ3v) is 8.65. The predicted molar refractivity (Wildman–Crippen MR) is 159 cm³/mol. The fraction of sp³-hybridized carbons (Fsp3) is 0.375. The number of rotatable bonds is 8. The molecular formula is C32H35N6O5-. The fourth-order valence-corrected chi connectivity index (χ4v) is 5.93. The summed E-state index contributed by atoms with van der Waals surface area (Å²) in [7, 11) is 1.64. The summed E-state index contributed by atoms with van der Waals surface area (Å²) in [6.07, 6.45) is 4.55. The monoisotopic (exact) mass is 583 g/mol. The molecule has 11 nitrogen and oxygen atoms in total. The number of likely N-dealkylation sites (tertiary alicyclic amines) is 1. The van der Waals surface area contributed by atoms with E-state index >= 15 is 0 Å². The number of benzene rings is 1. The maximum atomic E-state index is 13.1. The van der Waals surface area contributed by atoms with Crippen LogP contribution in [0, 0.1) is 5.92 Å². The Balaban J connectivity index is 1.16. The lowest BCUT2D eigenvalue weighted by molar-refractivity contribution is -0.265. The normalized spacial score (nSPS) is 18.6. The number of pyridine rings is 2. The lowest BCUT2D eigenvalue weighted by Gasteiger charge is -2.37. The molecule has 5 heterocycles. The van der Waals surface area contributed by atoms with Gasteiger partial charge in [-0.3, -0.25) is 9.78 Å². The van der Waals surface area contributed by atoms with Crippen molar-refractivity contribution in [2.45, 2.75) is 32.4 Å². The summed E-state index contributed by atoms with van der Waals surface area (Å²) in [6.45, 7) is 6.68.